The first kappa shape index (κ1) is 10.9. The molecule has 0 atom stereocenters. The Morgan fingerprint density at radius 1 is 1.24 bits per heavy atom. The molecule has 6 heteroatoms. The molecule has 0 aliphatic rings. The lowest BCUT2D eigenvalue weighted by Gasteiger charge is -1.96. The van der Waals surface area contributed by atoms with Crippen molar-refractivity contribution in [3.8, 4) is 0 Å². The molecule has 0 saturated carbocycles. The van der Waals surface area contributed by atoms with Crippen molar-refractivity contribution < 1.29 is 4.42 Å². The smallest absolute Gasteiger partial charge is 0.336 e. The molecule has 0 radical (unpaired) electrons. The first-order valence-electron chi connectivity index (χ1n) is 4.81. The fourth-order valence-electron chi connectivity index (χ4n) is 1.33. The molecule has 1 heterocycles. The molecule has 1 aromatic heterocycles. The summed E-state index contributed by atoms with van der Waals surface area (Å²) in [6, 6.07) is 8.28. The van der Waals surface area contributed by atoms with Crippen molar-refractivity contribution >= 4 is 23.1 Å². The lowest BCUT2D eigenvalue weighted by Crippen LogP contribution is -2.21. The van der Waals surface area contributed by atoms with Gasteiger partial charge in [0, 0.05) is 11.5 Å². The van der Waals surface area contributed by atoms with Crippen molar-refractivity contribution in [1.29, 1.82) is 0 Å². The first-order valence-corrected chi connectivity index (χ1v) is 4.81. The van der Waals surface area contributed by atoms with Crippen LogP contribution in [0.3, 0.4) is 0 Å². The van der Waals surface area contributed by atoms with Gasteiger partial charge in [-0.3, -0.25) is 0 Å². The van der Waals surface area contributed by atoms with E-state index in [4.69, 9.17) is 15.9 Å². The summed E-state index contributed by atoms with van der Waals surface area (Å²) >= 11 is 0. The molecule has 0 amide bonds. The molecule has 0 bridgehead atoms. The summed E-state index contributed by atoms with van der Waals surface area (Å²) in [5, 5.41) is 7.97. The van der Waals surface area contributed by atoms with Gasteiger partial charge in [-0.15, -0.1) is 5.10 Å². The Balaban J connectivity index is 2.38. The summed E-state index contributed by atoms with van der Waals surface area (Å²) < 4.78 is 4.99. The molecule has 6 nitrogen and oxygen atoms in total. The van der Waals surface area contributed by atoms with Crippen LogP contribution in [0.1, 0.15) is 5.56 Å². The largest absolute Gasteiger partial charge is 0.423 e. The zero-order valence-electron chi connectivity index (χ0n) is 8.83. The van der Waals surface area contributed by atoms with Crippen molar-refractivity contribution in [2.24, 2.45) is 21.7 Å². The second-order valence-corrected chi connectivity index (χ2v) is 3.32. The van der Waals surface area contributed by atoms with Crippen LogP contribution in [-0.4, -0.2) is 12.2 Å². The van der Waals surface area contributed by atoms with Crippen LogP contribution in [0.25, 0.3) is 11.0 Å². The fraction of sp³-hybridized carbons (Fsp3) is 0. The van der Waals surface area contributed by atoms with Crippen LogP contribution in [0, 0.1) is 0 Å². The highest BCUT2D eigenvalue weighted by Gasteiger charge is 1.97. The summed E-state index contributed by atoms with van der Waals surface area (Å²) in [6.07, 6.45) is 1.50. The summed E-state index contributed by atoms with van der Waals surface area (Å²) in [4.78, 5) is 11.0. The number of guanidine groups is 1. The Morgan fingerprint density at radius 3 is 2.82 bits per heavy atom. The van der Waals surface area contributed by atoms with Crippen LogP contribution in [0.15, 0.2) is 49.7 Å². The summed E-state index contributed by atoms with van der Waals surface area (Å²) in [6.45, 7) is 0. The third-order valence-corrected chi connectivity index (χ3v) is 2.02. The number of hydrogen-bond donors (Lipinski definition) is 2. The minimum absolute atomic E-state index is 0.104. The number of hydrogen-bond acceptors (Lipinski definition) is 4. The number of benzene rings is 1. The van der Waals surface area contributed by atoms with Crippen molar-refractivity contribution in [3.63, 3.8) is 0 Å². The number of fused-ring (bicyclic) bond motifs is 1. The molecule has 0 aliphatic heterocycles. The molecule has 0 spiro atoms. The SMILES string of the molecule is NC(N)=NN=Cc1ccc2oc(=O)ccc2c1. The minimum Gasteiger partial charge on any atom is -0.423 e. The van der Waals surface area contributed by atoms with Crippen LogP contribution >= 0.6 is 0 Å². The summed E-state index contributed by atoms with van der Waals surface area (Å²) in [7, 11) is 0. The average molecular weight is 230 g/mol. The van der Waals surface area contributed by atoms with E-state index >= 15 is 0 Å². The van der Waals surface area contributed by atoms with E-state index in [1.807, 2.05) is 6.07 Å². The fourth-order valence-corrected chi connectivity index (χ4v) is 1.33. The Morgan fingerprint density at radius 2 is 2.06 bits per heavy atom. The third-order valence-electron chi connectivity index (χ3n) is 2.02. The lowest BCUT2D eigenvalue weighted by atomic mass is 10.1. The van der Waals surface area contributed by atoms with Crippen molar-refractivity contribution in [2.45, 2.75) is 0 Å². The second-order valence-electron chi connectivity index (χ2n) is 3.32. The monoisotopic (exact) mass is 230 g/mol. The van der Waals surface area contributed by atoms with E-state index in [2.05, 4.69) is 10.2 Å². The van der Waals surface area contributed by atoms with Gasteiger partial charge in [-0.25, -0.2) is 4.79 Å². The first-order chi connectivity index (χ1) is 8.15. The normalized spacial score (nSPS) is 10.8. The highest BCUT2D eigenvalue weighted by atomic mass is 16.4. The zero-order valence-corrected chi connectivity index (χ0v) is 8.83. The van der Waals surface area contributed by atoms with Crippen LogP contribution in [0.4, 0.5) is 0 Å². The van der Waals surface area contributed by atoms with Gasteiger partial charge in [0.25, 0.3) is 0 Å². The van der Waals surface area contributed by atoms with Gasteiger partial charge in [-0.2, -0.15) is 5.10 Å². The van der Waals surface area contributed by atoms with E-state index in [1.54, 1.807) is 18.2 Å². The van der Waals surface area contributed by atoms with Gasteiger partial charge in [-0.05, 0) is 29.8 Å². The molecule has 0 saturated heterocycles. The Bertz CT molecular complexity index is 654. The highest BCUT2D eigenvalue weighted by molar-refractivity contribution is 5.88. The van der Waals surface area contributed by atoms with Crippen molar-refractivity contribution in [1.82, 2.24) is 0 Å². The van der Waals surface area contributed by atoms with Gasteiger partial charge in [0.2, 0.25) is 5.96 Å². The molecule has 4 N–H and O–H groups in total. The predicted molar refractivity (Wildman–Crippen MR) is 65.9 cm³/mol. The van der Waals surface area contributed by atoms with Crippen molar-refractivity contribution in [3.05, 3.63) is 46.3 Å². The van der Waals surface area contributed by atoms with Gasteiger partial charge in [-0.1, -0.05) is 0 Å². The molecule has 1 aromatic carbocycles. The molecular formula is C11H10N4O2. The van der Waals surface area contributed by atoms with Gasteiger partial charge in [0.15, 0.2) is 0 Å². The summed E-state index contributed by atoms with van der Waals surface area (Å²) in [5.41, 5.74) is 11.2. The Hall–Kier alpha value is -2.63. The molecule has 0 fully saturated rings. The minimum atomic E-state index is -0.376. The lowest BCUT2D eigenvalue weighted by molar-refractivity contribution is 0.561. The Kier molecular flexibility index (Phi) is 2.87. The van der Waals surface area contributed by atoms with Crippen LogP contribution in [0.5, 0.6) is 0 Å². The standard InChI is InChI=1S/C11H10N4O2/c12-11(13)15-14-6-7-1-3-9-8(5-7)2-4-10(16)17-9/h1-6H,(H4,12,13,15). The van der Waals surface area contributed by atoms with E-state index in [9.17, 15) is 4.79 Å². The van der Waals surface area contributed by atoms with E-state index in [1.165, 1.54) is 12.3 Å². The number of nitrogens with two attached hydrogens (primary N) is 2. The number of rotatable bonds is 2. The van der Waals surface area contributed by atoms with Gasteiger partial charge < -0.3 is 15.9 Å². The van der Waals surface area contributed by atoms with E-state index in [0.29, 0.717) is 5.58 Å². The molecule has 2 rings (SSSR count). The molecule has 17 heavy (non-hydrogen) atoms. The quantitative estimate of drug-likeness (QED) is 0.337. The molecular weight excluding hydrogens is 220 g/mol. The van der Waals surface area contributed by atoms with Gasteiger partial charge in [0.1, 0.15) is 5.58 Å². The summed E-state index contributed by atoms with van der Waals surface area (Å²) in [5.74, 6) is -0.104. The third kappa shape index (κ3) is 2.69. The highest BCUT2D eigenvalue weighted by Crippen LogP contribution is 2.12. The van der Waals surface area contributed by atoms with Crippen LogP contribution in [0.2, 0.25) is 0 Å². The van der Waals surface area contributed by atoms with Crippen LogP contribution < -0.4 is 17.1 Å². The molecule has 0 aliphatic carbocycles. The zero-order chi connectivity index (χ0) is 12.3. The molecule has 0 unspecified atom stereocenters. The topological polar surface area (TPSA) is 107 Å². The Labute approximate surface area is 96.2 Å². The van der Waals surface area contributed by atoms with Gasteiger partial charge in [0.05, 0.1) is 6.21 Å². The van der Waals surface area contributed by atoms with Gasteiger partial charge >= 0.3 is 5.63 Å². The number of nitrogens with zero attached hydrogens (tertiary/aromatic N) is 2. The maximum absolute atomic E-state index is 11.0. The predicted octanol–water partition coefficient (Wildman–Crippen LogP) is 0.400. The maximum atomic E-state index is 11.0. The maximum Gasteiger partial charge on any atom is 0.336 e. The van der Waals surface area contributed by atoms with E-state index in [0.717, 1.165) is 10.9 Å². The average Bonchev–Trinajstić information content (AvgIpc) is 2.29. The molecule has 86 valence electrons. The second kappa shape index (κ2) is 4.48. The van der Waals surface area contributed by atoms with Crippen LogP contribution in [-0.2, 0) is 0 Å². The molecule has 2 aromatic rings. The van der Waals surface area contributed by atoms with Crippen molar-refractivity contribution in [2.75, 3.05) is 0 Å². The van der Waals surface area contributed by atoms with E-state index < -0.39 is 0 Å². The van der Waals surface area contributed by atoms with E-state index in [-0.39, 0.29) is 11.6 Å².